The van der Waals surface area contributed by atoms with E-state index in [0.29, 0.717) is 0 Å². The van der Waals surface area contributed by atoms with Crippen molar-refractivity contribution < 1.29 is 78.3 Å². The van der Waals surface area contributed by atoms with Crippen LogP contribution in [0.1, 0.15) is 0 Å². The predicted octanol–water partition coefficient (Wildman–Crippen LogP) is -0.0100. The summed E-state index contributed by atoms with van der Waals surface area (Å²) in [5.41, 5.74) is 0. The van der Waals surface area contributed by atoms with Gasteiger partial charge in [0.2, 0.25) is 0 Å². The van der Waals surface area contributed by atoms with Gasteiger partial charge in [-0.05, 0) is 0 Å². The molecule has 0 N–H and O–H groups in total. The zero-order valence-electron chi connectivity index (χ0n) is 1.37. The van der Waals surface area contributed by atoms with E-state index < -0.39 is 0 Å². The Balaban J connectivity index is 0. The fourth-order valence-corrected chi connectivity index (χ4v) is 0. The standard InChI is InChI=1S/Ag.Cu.Ni.Ta. The molecule has 0 aromatic heterocycles. The van der Waals surface area contributed by atoms with Gasteiger partial charge in [0.25, 0.3) is 0 Å². The number of rotatable bonds is 0. The van der Waals surface area contributed by atoms with Gasteiger partial charge >= 0.3 is 0 Å². The Morgan fingerprint density at radius 2 is 1.00 bits per heavy atom. The van der Waals surface area contributed by atoms with Crippen LogP contribution in [0, 0.1) is 0 Å². The first-order chi connectivity index (χ1) is 0. The summed E-state index contributed by atoms with van der Waals surface area (Å²) in [4.78, 5) is 0. The van der Waals surface area contributed by atoms with Crippen molar-refractivity contribution >= 4 is 0 Å². The number of hydrogen-bond donors (Lipinski definition) is 0. The fourth-order valence-electron chi connectivity index (χ4n) is 0. The molecule has 0 aliphatic rings. The van der Waals surface area contributed by atoms with E-state index in [2.05, 4.69) is 0 Å². The van der Waals surface area contributed by atoms with Crippen molar-refractivity contribution in [2.75, 3.05) is 0 Å². The van der Waals surface area contributed by atoms with Crippen molar-refractivity contribution in [1.29, 1.82) is 0 Å². The van der Waals surface area contributed by atoms with Crippen molar-refractivity contribution in [1.82, 2.24) is 0 Å². The van der Waals surface area contributed by atoms with E-state index in [0.717, 1.165) is 0 Å². The molecule has 0 saturated heterocycles. The Bertz CT molecular complexity index is 8.00. The average Bonchev–Trinajstić information content (AvgIpc) is 0. The van der Waals surface area contributed by atoms with Crippen LogP contribution >= 0.6 is 0 Å². The molecule has 0 amide bonds. The molecule has 0 rings (SSSR count). The van der Waals surface area contributed by atoms with Gasteiger partial charge in [-0.15, -0.1) is 0 Å². The summed E-state index contributed by atoms with van der Waals surface area (Å²) < 4.78 is 0. The van der Waals surface area contributed by atoms with Crippen LogP contribution in [0.25, 0.3) is 0 Å². The van der Waals surface area contributed by atoms with Crippen LogP contribution in [-0.2, 0) is 78.3 Å². The van der Waals surface area contributed by atoms with E-state index in [1.54, 1.807) is 0 Å². The van der Waals surface area contributed by atoms with Gasteiger partial charge in [-0.1, -0.05) is 0 Å². The van der Waals surface area contributed by atoms with E-state index >= 15 is 0 Å². The van der Waals surface area contributed by atoms with Crippen molar-refractivity contribution in [3.05, 3.63) is 0 Å². The van der Waals surface area contributed by atoms with Crippen LogP contribution in [0.3, 0.4) is 0 Å². The van der Waals surface area contributed by atoms with Crippen LogP contribution in [-0.4, -0.2) is 0 Å². The minimum atomic E-state index is 0. The first-order valence-corrected chi connectivity index (χ1v) is 0. The molecule has 0 aromatic carbocycles. The molecule has 0 fully saturated rings. The van der Waals surface area contributed by atoms with Crippen LogP contribution in [0.2, 0.25) is 0 Å². The monoisotopic (exact) mass is 409 g/mol. The molecule has 0 heterocycles. The molecule has 0 spiro atoms. The zero-order valence-corrected chi connectivity index (χ0v) is 7.99. The van der Waals surface area contributed by atoms with Crippen LogP contribution in [0.5, 0.6) is 0 Å². The van der Waals surface area contributed by atoms with E-state index in [1.165, 1.54) is 0 Å². The van der Waals surface area contributed by atoms with E-state index in [-0.39, 0.29) is 78.3 Å². The Hall–Kier alpha value is 2.49. The third-order valence-corrected chi connectivity index (χ3v) is 0. The Kier molecular flexibility index (Phi) is 141. The van der Waals surface area contributed by atoms with Gasteiger partial charge in [0.15, 0.2) is 0 Å². The van der Waals surface area contributed by atoms with E-state index in [4.69, 9.17) is 0 Å². The maximum Gasteiger partial charge on any atom is 0 e. The Morgan fingerprint density at radius 3 is 1.00 bits per heavy atom. The van der Waals surface area contributed by atoms with Gasteiger partial charge in [0.05, 0.1) is 0 Å². The summed E-state index contributed by atoms with van der Waals surface area (Å²) in [6, 6.07) is 0. The molecule has 3 radical (unpaired) electrons. The smallest absolute Gasteiger partial charge is 0 e. The summed E-state index contributed by atoms with van der Waals surface area (Å²) in [6.45, 7) is 0. The molecule has 0 nitrogen and oxygen atoms in total. The molecular weight excluding hydrogens is 411 g/mol. The minimum Gasteiger partial charge on any atom is 0 e. The zero-order chi connectivity index (χ0) is 0. The van der Waals surface area contributed by atoms with Crippen LogP contribution in [0.4, 0.5) is 0 Å². The van der Waals surface area contributed by atoms with Crippen LogP contribution in [0.15, 0.2) is 0 Å². The van der Waals surface area contributed by atoms with Crippen LogP contribution < -0.4 is 0 Å². The van der Waals surface area contributed by atoms with Crippen molar-refractivity contribution in [2.24, 2.45) is 0 Å². The predicted molar refractivity (Wildman–Crippen MR) is 0 cm³/mol. The van der Waals surface area contributed by atoms with E-state index in [9.17, 15) is 0 Å². The average molecular weight is 411 g/mol. The van der Waals surface area contributed by atoms with E-state index in [1.807, 2.05) is 0 Å². The fraction of sp³-hybridized carbons (Fsp3) is 0. The van der Waals surface area contributed by atoms with Crippen molar-refractivity contribution in [2.45, 2.75) is 0 Å². The number of hydrogen-bond acceptors (Lipinski definition) is 0. The normalized spacial score (nSPS) is 0. The summed E-state index contributed by atoms with van der Waals surface area (Å²) in [5, 5.41) is 0. The summed E-state index contributed by atoms with van der Waals surface area (Å²) in [7, 11) is 0. The molecular formula is AgCuNiTa. The molecule has 4 heteroatoms. The van der Waals surface area contributed by atoms with Crippen molar-refractivity contribution in [3.63, 3.8) is 0 Å². The van der Waals surface area contributed by atoms with Crippen molar-refractivity contribution in [3.8, 4) is 0 Å². The molecule has 0 atom stereocenters. The topological polar surface area (TPSA) is 0 Å². The summed E-state index contributed by atoms with van der Waals surface area (Å²) in [5.74, 6) is 0. The second kappa shape index (κ2) is 17.8. The second-order valence-corrected chi connectivity index (χ2v) is 0. The molecule has 0 aliphatic carbocycles. The first kappa shape index (κ1) is 31.5. The summed E-state index contributed by atoms with van der Waals surface area (Å²) >= 11 is 0. The maximum atomic E-state index is 0. The molecule has 4 heavy (non-hydrogen) atoms. The van der Waals surface area contributed by atoms with Gasteiger partial charge < -0.3 is 0 Å². The second-order valence-electron chi connectivity index (χ2n) is 0. The largest absolute Gasteiger partial charge is 0 e. The molecule has 0 aromatic rings. The minimum absolute atomic E-state index is 0. The molecule has 0 aliphatic heterocycles. The first-order valence-electron chi connectivity index (χ1n) is 0. The molecule has 37 valence electrons. The molecule has 0 bridgehead atoms. The molecule has 0 saturated carbocycles. The maximum absolute atomic E-state index is 0. The SMILES string of the molecule is [Ag].[Cu].[Ni].[Ta]. The van der Waals surface area contributed by atoms with Gasteiger partial charge in [-0.3, -0.25) is 0 Å². The van der Waals surface area contributed by atoms with Gasteiger partial charge in [0.1, 0.15) is 0 Å². The Morgan fingerprint density at radius 1 is 1.00 bits per heavy atom. The third-order valence-electron chi connectivity index (χ3n) is 0. The van der Waals surface area contributed by atoms with Gasteiger partial charge in [-0.2, -0.15) is 0 Å². The summed E-state index contributed by atoms with van der Waals surface area (Å²) in [6.07, 6.45) is 0. The Labute approximate surface area is 77.3 Å². The molecule has 0 unspecified atom stereocenters. The van der Waals surface area contributed by atoms with Gasteiger partial charge in [-0.25, -0.2) is 0 Å². The quantitative estimate of drug-likeness (QED) is 0.493. The van der Waals surface area contributed by atoms with Gasteiger partial charge in [0, 0.05) is 78.3 Å². The third kappa shape index (κ3) is 8.82.